The Hall–Kier alpha value is -1.21. The van der Waals surface area contributed by atoms with Gasteiger partial charge in [-0.1, -0.05) is 32.8 Å². The molecule has 80 valence electrons. The first-order valence-electron chi connectivity index (χ1n) is 4.95. The number of hydrogen-bond donors (Lipinski definition) is 0. The molecule has 0 radical (unpaired) electrons. The van der Waals surface area contributed by atoms with Crippen molar-refractivity contribution in [2.45, 2.75) is 32.6 Å². The fraction of sp³-hybridized carbons (Fsp3) is 0.636. The summed E-state index contributed by atoms with van der Waals surface area (Å²) < 4.78 is 9.48. The van der Waals surface area contributed by atoms with Gasteiger partial charge in [0.2, 0.25) is 0 Å². The summed E-state index contributed by atoms with van der Waals surface area (Å²) in [6.45, 7) is 6.10. The van der Waals surface area contributed by atoms with Gasteiger partial charge >= 0.3 is 6.16 Å². The molecule has 3 nitrogen and oxygen atoms in total. The molecule has 0 unspecified atom stereocenters. The standard InChI is InChI=1S/C11H18O3/c1-3-5-7-8-10-14-11(12)13-9-6-4-2/h6H,2-3,5,7-10H2,1H3. The highest BCUT2D eigenvalue weighted by Crippen LogP contribution is 1.99. The third kappa shape index (κ3) is 8.88. The molecule has 3 heteroatoms. The highest BCUT2D eigenvalue weighted by atomic mass is 16.7. The van der Waals surface area contributed by atoms with Crippen LogP contribution in [0.4, 0.5) is 4.79 Å². The Morgan fingerprint density at radius 1 is 1.36 bits per heavy atom. The second-order valence-electron chi connectivity index (χ2n) is 2.88. The Labute approximate surface area is 85.4 Å². The van der Waals surface area contributed by atoms with Crippen molar-refractivity contribution >= 4 is 6.16 Å². The van der Waals surface area contributed by atoms with Gasteiger partial charge < -0.3 is 9.47 Å². The van der Waals surface area contributed by atoms with Crippen molar-refractivity contribution in [3.05, 3.63) is 18.4 Å². The quantitative estimate of drug-likeness (QED) is 0.358. The number of hydrogen-bond acceptors (Lipinski definition) is 3. The molecule has 0 atom stereocenters. The van der Waals surface area contributed by atoms with E-state index in [1.54, 1.807) is 0 Å². The number of carbonyl (C=O) groups is 1. The molecule has 0 aliphatic rings. The summed E-state index contributed by atoms with van der Waals surface area (Å²) in [5.41, 5.74) is 2.50. The van der Waals surface area contributed by atoms with Crippen LogP contribution in [-0.4, -0.2) is 19.4 Å². The fourth-order valence-electron chi connectivity index (χ4n) is 0.895. The lowest BCUT2D eigenvalue weighted by Gasteiger charge is -2.03. The van der Waals surface area contributed by atoms with Crippen LogP contribution in [0.3, 0.4) is 0 Å². The van der Waals surface area contributed by atoms with Crippen LogP contribution >= 0.6 is 0 Å². The first-order chi connectivity index (χ1) is 6.81. The summed E-state index contributed by atoms with van der Waals surface area (Å²) in [5, 5.41) is 0. The third-order valence-electron chi connectivity index (χ3n) is 1.65. The Bertz CT molecular complexity index is 193. The largest absolute Gasteiger partial charge is 0.508 e. The first kappa shape index (κ1) is 12.8. The summed E-state index contributed by atoms with van der Waals surface area (Å²) in [4.78, 5) is 10.8. The maximum Gasteiger partial charge on any atom is 0.508 e. The van der Waals surface area contributed by atoms with Crippen LogP contribution < -0.4 is 0 Å². The van der Waals surface area contributed by atoms with Crippen molar-refractivity contribution < 1.29 is 14.3 Å². The molecule has 0 bridgehead atoms. The lowest BCUT2D eigenvalue weighted by Crippen LogP contribution is -2.08. The molecule has 14 heavy (non-hydrogen) atoms. The Balaban J connectivity index is 3.22. The minimum atomic E-state index is -0.618. The van der Waals surface area contributed by atoms with Crippen molar-refractivity contribution in [2.75, 3.05) is 13.2 Å². The maximum atomic E-state index is 10.8. The summed E-state index contributed by atoms with van der Waals surface area (Å²) in [5.74, 6) is 0. The smallest absolute Gasteiger partial charge is 0.434 e. The van der Waals surface area contributed by atoms with Gasteiger partial charge in [-0.15, -0.1) is 5.73 Å². The van der Waals surface area contributed by atoms with E-state index in [1.807, 2.05) is 0 Å². The van der Waals surface area contributed by atoms with Gasteiger partial charge in [-0.3, -0.25) is 0 Å². The van der Waals surface area contributed by atoms with Crippen molar-refractivity contribution in [3.8, 4) is 0 Å². The van der Waals surface area contributed by atoms with Gasteiger partial charge in [-0.25, -0.2) is 4.79 Å². The average molecular weight is 198 g/mol. The van der Waals surface area contributed by atoms with E-state index >= 15 is 0 Å². The van der Waals surface area contributed by atoms with Gasteiger partial charge in [0.05, 0.1) is 6.61 Å². The summed E-state index contributed by atoms with van der Waals surface area (Å²) >= 11 is 0. The van der Waals surface area contributed by atoms with E-state index in [0.717, 1.165) is 12.8 Å². The van der Waals surface area contributed by atoms with Gasteiger partial charge in [0, 0.05) is 0 Å². The number of ether oxygens (including phenoxy) is 2. The van der Waals surface area contributed by atoms with Crippen molar-refractivity contribution in [2.24, 2.45) is 0 Å². The van der Waals surface area contributed by atoms with E-state index in [4.69, 9.17) is 4.74 Å². The van der Waals surface area contributed by atoms with E-state index < -0.39 is 6.16 Å². The molecular formula is C11H18O3. The molecule has 0 aromatic carbocycles. The van der Waals surface area contributed by atoms with E-state index in [0.29, 0.717) is 6.61 Å². The molecule has 0 saturated carbocycles. The SMILES string of the molecule is C=C=CCOC(=O)OCCCCCC. The van der Waals surface area contributed by atoms with Gasteiger partial charge in [-0.2, -0.15) is 0 Å². The maximum absolute atomic E-state index is 10.8. The van der Waals surface area contributed by atoms with Crippen LogP contribution in [0.25, 0.3) is 0 Å². The van der Waals surface area contributed by atoms with Gasteiger partial charge in [0.1, 0.15) is 6.61 Å². The highest BCUT2D eigenvalue weighted by molar-refractivity contribution is 5.59. The zero-order chi connectivity index (χ0) is 10.6. The zero-order valence-electron chi connectivity index (χ0n) is 8.75. The summed E-state index contributed by atoms with van der Waals surface area (Å²) in [6, 6.07) is 0. The predicted molar refractivity (Wildman–Crippen MR) is 55.2 cm³/mol. The highest BCUT2D eigenvalue weighted by Gasteiger charge is 2.00. The topological polar surface area (TPSA) is 35.5 Å². The lowest BCUT2D eigenvalue weighted by atomic mass is 10.2. The Morgan fingerprint density at radius 2 is 2.14 bits per heavy atom. The van der Waals surface area contributed by atoms with Crippen LogP contribution in [0.1, 0.15) is 32.6 Å². The van der Waals surface area contributed by atoms with Crippen LogP contribution in [0.2, 0.25) is 0 Å². The van der Waals surface area contributed by atoms with E-state index in [9.17, 15) is 4.79 Å². The summed E-state index contributed by atoms with van der Waals surface area (Å²) in [6.07, 6.45) is 5.26. The fourth-order valence-corrected chi connectivity index (χ4v) is 0.895. The molecule has 0 amide bonds. The van der Waals surface area contributed by atoms with Crippen LogP contribution in [0, 0.1) is 0 Å². The van der Waals surface area contributed by atoms with Gasteiger partial charge in [0.25, 0.3) is 0 Å². The monoisotopic (exact) mass is 198 g/mol. The van der Waals surface area contributed by atoms with Crippen LogP contribution in [-0.2, 0) is 9.47 Å². The average Bonchev–Trinajstić information content (AvgIpc) is 2.18. The Morgan fingerprint density at radius 3 is 2.79 bits per heavy atom. The second-order valence-corrected chi connectivity index (χ2v) is 2.88. The number of unbranched alkanes of at least 4 members (excludes halogenated alkanes) is 3. The number of rotatable bonds is 7. The minimum absolute atomic E-state index is 0.178. The molecule has 0 aromatic rings. The normalized spacial score (nSPS) is 8.93. The van der Waals surface area contributed by atoms with Crippen LogP contribution in [0.15, 0.2) is 18.4 Å². The van der Waals surface area contributed by atoms with Crippen molar-refractivity contribution in [1.82, 2.24) is 0 Å². The van der Waals surface area contributed by atoms with E-state index in [-0.39, 0.29) is 6.61 Å². The van der Waals surface area contributed by atoms with Crippen LogP contribution in [0.5, 0.6) is 0 Å². The predicted octanol–water partition coefficient (Wildman–Crippen LogP) is 3.06. The van der Waals surface area contributed by atoms with Gasteiger partial charge in [-0.05, 0) is 12.5 Å². The summed E-state index contributed by atoms with van der Waals surface area (Å²) in [7, 11) is 0. The molecule has 0 aromatic heterocycles. The molecule has 0 heterocycles. The van der Waals surface area contributed by atoms with Crippen molar-refractivity contribution in [1.29, 1.82) is 0 Å². The third-order valence-corrected chi connectivity index (χ3v) is 1.65. The lowest BCUT2D eigenvalue weighted by molar-refractivity contribution is 0.0620. The molecule has 0 fully saturated rings. The van der Waals surface area contributed by atoms with Crippen molar-refractivity contribution in [3.63, 3.8) is 0 Å². The Kier molecular flexibility index (Phi) is 9.02. The molecule has 0 aliphatic heterocycles. The molecule has 0 saturated heterocycles. The van der Waals surface area contributed by atoms with E-state index in [2.05, 4.69) is 24.0 Å². The van der Waals surface area contributed by atoms with Gasteiger partial charge in [0.15, 0.2) is 0 Å². The minimum Gasteiger partial charge on any atom is -0.434 e. The molecule has 0 spiro atoms. The van der Waals surface area contributed by atoms with E-state index in [1.165, 1.54) is 18.9 Å². The zero-order valence-corrected chi connectivity index (χ0v) is 8.75. The molecule has 0 N–H and O–H groups in total. The molecular weight excluding hydrogens is 180 g/mol. The number of carbonyl (C=O) groups excluding carboxylic acids is 1. The molecule has 0 aliphatic carbocycles. The molecule has 0 rings (SSSR count). The first-order valence-corrected chi connectivity index (χ1v) is 4.95. The second kappa shape index (κ2) is 9.87.